The summed E-state index contributed by atoms with van der Waals surface area (Å²) in [6.07, 6.45) is 1.86. The molecule has 0 spiro atoms. The molecule has 0 bridgehead atoms. The quantitative estimate of drug-likeness (QED) is 0.813. The van der Waals surface area contributed by atoms with E-state index in [1.807, 2.05) is 6.07 Å². The highest BCUT2D eigenvalue weighted by Crippen LogP contribution is 2.46. The average Bonchev–Trinajstić information content (AvgIpc) is 2.54. The Labute approximate surface area is 117 Å². The van der Waals surface area contributed by atoms with Crippen molar-refractivity contribution in [3.63, 3.8) is 0 Å². The first-order valence-electron chi connectivity index (χ1n) is 6.50. The molecule has 2 nitrogen and oxygen atoms in total. The van der Waals surface area contributed by atoms with Crippen molar-refractivity contribution in [2.24, 2.45) is 0 Å². The number of aromatic hydroxyl groups is 2. The van der Waals surface area contributed by atoms with E-state index in [-0.39, 0.29) is 11.5 Å². The molecule has 1 heterocycles. The second-order valence-electron chi connectivity index (χ2n) is 4.89. The Kier molecular flexibility index (Phi) is 3.15. The molecule has 0 amide bonds. The number of hydrogen-bond acceptors (Lipinski definition) is 3. The summed E-state index contributed by atoms with van der Waals surface area (Å²) < 4.78 is 0. The largest absolute Gasteiger partial charge is 0.508 e. The summed E-state index contributed by atoms with van der Waals surface area (Å²) in [4.78, 5) is 2.18. The van der Waals surface area contributed by atoms with Crippen LogP contribution in [0.5, 0.6) is 11.5 Å². The lowest BCUT2D eigenvalue weighted by Gasteiger charge is -2.15. The monoisotopic (exact) mass is 272 g/mol. The fourth-order valence-corrected chi connectivity index (χ4v) is 3.89. The summed E-state index contributed by atoms with van der Waals surface area (Å²) >= 11 is 1.63. The van der Waals surface area contributed by atoms with Gasteiger partial charge in [-0.2, -0.15) is 0 Å². The van der Waals surface area contributed by atoms with Crippen LogP contribution in [0.25, 0.3) is 0 Å². The van der Waals surface area contributed by atoms with Crippen molar-refractivity contribution >= 4 is 11.8 Å². The van der Waals surface area contributed by atoms with Gasteiger partial charge in [0.05, 0.1) is 0 Å². The van der Waals surface area contributed by atoms with Crippen molar-refractivity contribution in [1.29, 1.82) is 0 Å². The maximum absolute atomic E-state index is 10.1. The molecule has 0 aliphatic carbocycles. The van der Waals surface area contributed by atoms with Crippen LogP contribution in [0.3, 0.4) is 0 Å². The third-order valence-corrected chi connectivity index (χ3v) is 4.87. The Bertz CT molecular complexity index is 622. The van der Waals surface area contributed by atoms with Gasteiger partial charge < -0.3 is 10.2 Å². The predicted molar refractivity (Wildman–Crippen MR) is 77.1 cm³/mol. The molecule has 3 rings (SSSR count). The van der Waals surface area contributed by atoms with Crippen LogP contribution in [0, 0.1) is 0 Å². The molecule has 0 radical (unpaired) electrons. The molecule has 0 saturated heterocycles. The highest BCUT2D eigenvalue weighted by molar-refractivity contribution is 7.99. The van der Waals surface area contributed by atoms with Crippen LogP contribution in [-0.2, 0) is 6.42 Å². The molecule has 1 atom stereocenters. The van der Waals surface area contributed by atoms with E-state index in [0.717, 1.165) is 23.3 Å². The summed E-state index contributed by atoms with van der Waals surface area (Å²) in [5, 5.41) is 19.7. The van der Waals surface area contributed by atoms with Crippen molar-refractivity contribution in [3.05, 3.63) is 47.5 Å². The minimum atomic E-state index is 0.121. The lowest BCUT2D eigenvalue weighted by atomic mass is 9.89. The predicted octanol–water partition coefficient (Wildman–Crippen LogP) is 4.30. The number of hydrogen-bond donors (Lipinski definition) is 2. The molecule has 0 fully saturated rings. The summed E-state index contributed by atoms with van der Waals surface area (Å²) in [6, 6.07) is 11.6. The standard InChI is InChI=1S/C16H16O2S/c1-2-10-7-13-14(18)8-11(17)9-16(13)19-15-6-4-3-5-12(10)15/h3-6,8-10,17-18H,2,7H2,1H3. The fraction of sp³-hybridized carbons (Fsp3) is 0.250. The van der Waals surface area contributed by atoms with E-state index in [1.54, 1.807) is 17.8 Å². The lowest BCUT2D eigenvalue weighted by molar-refractivity contribution is 0.440. The highest BCUT2D eigenvalue weighted by Gasteiger charge is 2.23. The molecule has 0 aromatic heterocycles. The van der Waals surface area contributed by atoms with Gasteiger partial charge in [-0.3, -0.25) is 0 Å². The SMILES string of the molecule is CCC1Cc2c(O)cc(O)cc2Sc2ccccc21. The normalized spacial score (nSPS) is 17.4. The molecule has 98 valence electrons. The third kappa shape index (κ3) is 2.19. The van der Waals surface area contributed by atoms with Gasteiger partial charge in [0, 0.05) is 21.4 Å². The van der Waals surface area contributed by atoms with Gasteiger partial charge in [-0.1, -0.05) is 36.9 Å². The van der Waals surface area contributed by atoms with E-state index >= 15 is 0 Å². The molecule has 19 heavy (non-hydrogen) atoms. The topological polar surface area (TPSA) is 40.5 Å². The minimum Gasteiger partial charge on any atom is -0.508 e. The highest BCUT2D eigenvalue weighted by atomic mass is 32.2. The van der Waals surface area contributed by atoms with Gasteiger partial charge in [-0.25, -0.2) is 0 Å². The number of fused-ring (bicyclic) bond motifs is 2. The second-order valence-corrected chi connectivity index (χ2v) is 5.97. The van der Waals surface area contributed by atoms with Gasteiger partial charge in [0.1, 0.15) is 11.5 Å². The van der Waals surface area contributed by atoms with Crippen LogP contribution in [0.1, 0.15) is 30.4 Å². The number of rotatable bonds is 1. The van der Waals surface area contributed by atoms with E-state index < -0.39 is 0 Å². The smallest absolute Gasteiger partial charge is 0.123 e. The first kappa shape index (κ1) is 12.4. The van der Waals surface area contributed by atoms with Crippen LogP contribution in [-0.4, -0.2) is 10.2 Å². The molecular formula is C16H16O2S. The van der Waals surface area contributed by atoms with Gasteiger partial charge in [-0.15, -0.1) is 0 Å². The van der Waals surface area contributed by atoms with E-state index in [0.29, 0.717) is 5.92 Å². The van der Waals surface area contributed by atoms with Crippen molar-refractivity contribution in [1.82, 2.24) is 0 Å². The second kappa shape index (κ2) is 4.82. The maximum Gasteiger partial charge on any atom is 0.123 e. The van der Waals surface area contributed by atoms with Gasteiger partial charge in [0.25, 0.3) is 0 Å². The molecule has 3 heteroatoms. The zero-order chi connectivity index (χ0) is 13.4. The van der Waals surface area contributed by atoms with Crippen LogP contribution >= 0.6 is 11.8 Å². The molecule has 1 unspecified atom stereocenters. The van der Waals surface area contributed by atoms with E-state index in [2.05, 4.69) is 25.1 Å². The molecule has 1 aliphatic rings. The van der Waals surface area contributed by atoms with Crippen LogP contribution in [0.2, 0.25) is 0 Å². The van der Waals surface area contributed by atoms with Gasteiger partial charge in [0.15, 0.2) is 0 Å². The number of benzene rings is 2. The maximum atomic E-state index is 10.1. The first-order chi connectivity index (χ1) is 9.19. The Morgan fingerprint density at radius 2 is 1.95 bits per heavy atom. The van der Waals surface area contributed by atoms with E-state index in [9.17, 15) is 10.2 Å². The summed E-state index contributed by atoms with van der Waals surface area (Å²) in [5.41, 5.74) is 2.29. The van der Waals surface area contributed by atoms with Crippen LogP contribution < -0.4 is 0 Å². The van der Waals surface area contributed by atoms with Crippen molar-refractivity contribution in [2.45, 2.75) is 35.5 Å². The average molecular weight is 272 g/mol. The molecular weight excluding hydrogens is 256 g/mol. The third-order valence-electron chi connectivity index (χ3n) is 3.69. The van der Waals surface area contributed by atoms with Crippen molar-refractivity contribution < 1.29 is 10.2 Å². The minimum absolute atomic E-state index is 0.121. The van der Waals surface area contributed by atoms with E-state index in [4.69, 9.17) is 0 Å². The Morgan fingerprint density at radius 3 is 2.74 bits per heavy atom. The van der Waals surface area contributed by atoms with Gasteiger partial charge in [0.2, 0.25) is 0 Å². The van der Waals surface area contributed by atoms with E-state index in [1.165, 1.54) is 16.5 Å². The summed E-state index contributed by atoms with van der Waals surface area (Å²) in [7, 11) is 0. The molecule has 1 aliphatic heterocycles. The zero-order valence-electron chi connectivity index (χ0n) is 10.8. The van der Waals surface area contributed by atoms with Gasteiger partial charge in [-0.05, 0) is 36.5 Å². The molecule has 0 saturated carbocycles. The number of phenols is 2. The summed E-state index contributed by atoms with van der Waals surface area (Å²) in [6.45, 7) is 2.18. The van der Waals surface area contributed by atoms with Crippen molar-refractivity contribution in [2.75, 3.05) is 0 Å². The summed E-state index contributed by atoms with van der Waals surface area (Å²) in [5.74, 6) is 0.741. The molecule has 2 aromatic rings. The lowest BCUT2D eigenvalue weighted by Crippen LogP contribution is -2.01. The van der Waals surface area contributed by atoms with Gasteiger partial charge >= 0.3 is 0 Å². The zero-order valence-corrected chi connectivity index (χ0v) is 11.6. The first-order valence-corrected chi connectivity index (χ1v) is 7.32. The Morgan fingerprint density at radius 1 is 1.16 bits per heavy atom. The Balaban J connectivity index is 2.18. The fourth-order valence-electron chi connectivity index (χ4n) is 2.66. The van der Waals surface area contributed by atoms with Crippen LogP contribution in [0.4, 0.5) is 0 Å². The molecule has 2 N–H and O–H groups in total. The van der Waals surface area contributed by atoms with Crippen LogP contribution in [0.15, 0.2) is 46.2 Å². The Hall–Kier alpha value is -1.61. The van der Waals surface area contributed by atoms with Crippen molar-refractivity contribution in [3.8, 4) is 11.5 Å². The molecule has 2 aromatic carbocycles. The number of phenolic OH excluding ortho intramolecular Hbond substituents is 2.